The zero-order valence-electron chi connectivity index (χ0n) is 16.8. The molecule has 0 atom stereocenters. The van der Waals surface area contributed by atoms with Crippen LogP contribution in [0.1, 0.15) is 52.8 Å². The van der Waals surface area contributed by atoms with Gasteiger partial charge < -0.3 is 4.74 Å². The van der Waals surface area contributed by atoms with Gasteiger partial charge in [-0.25, -0.2) is 15.0 Å². The number of carbonyl (C=O) groups excluding carboxylic acids is 1. The standard InChI is InChI=1S/C20H22ClN5O2S/c1-5-6-7-8-9-14-23-16(21)15-18(24-14)26(12-28-19(27)20(2,3)4)17(25-15)13-10-22-11-29-13/h10-11H,5-7,12H2,1-4H3. The normalized spacial score (nSPS) is 11.3. The van der Waals surface area contributed by atoms with Crippen molar-refractivity contribution in [3.8, 4) is 22.5 Å². The number of hydrogen-bond acceptors (Lipinski definition) is 7. The van der Waals surface area contributed by atoms with Gasteiger partial charge in [-0.2, -0.15) is 0 Å². The van der Waals surface area contributed by atoms with E-state index in [0.717, 1.165) is 24.1 Å². The van der Waals surface area contributed by atoms with E-state index in [4.69, 9.17) is 16.3 Å². The number of carbonyl (C=O) groups is 1. The summed E-state index contributed by atoms with van der Waals surface area (Å²) in [5.74, 6) is 6.58. The molecule has 3 aromatic heterocycles. The average Bonchev–Trinajstić information content (AvgIpc) is 3.30. The molecule has 0 spiro atoms. The molecule has 7 nitrogen and oxygen atoms in total. The van der Waals surface area contributed by atoms with Crippen LogP contribution in [-0.2, 0) is 16.3 Å². The van der Waals surface area contributed by atoms with Gasteiger partial charge in [0.1, 0.15) is 5.52 Å². The summed E-state index contributed by atoms with van der Waals surface area (Å²) in [6.45, 7) is 7.47. The summed E-state index contributed by atoms with van der Waals surface area (Å²) in [7, 11) is 0. The van der Waals surface area contributed by atoms with Crippen LogP contribution in [0.25, 0.3) is 21.9 Å². The number of unbranched alkanes of at least 4 members (excludes halogenated alkanes) is 2. The number of rotatable bonds is 5. The first kappa shape index (κ1) is 21.2. The van der Waals surface area contributed by atoms with Crippen LogP contribution < -0.4 is 0 Å². The van der Waals surface area contributed by atoms with Gasteiger partial charge in [-0.15, -0.1) is 11.3 Å². The Balaban J connectivity index is 2.06. The van der Waals surface area contributed by atoms with Crippen LogP contribution in [-0.4, -0.2) is 30.5 Å². The van der Waals surface area contributed by atoms with Crippen molar-refractivity contribution in [3.63, 3.8) is 0 Å². The summed E-state index contributed by atoms with van der Waals surface area (Å²) in [5, 5.41) is 0.210. The molecule has 3 aromatic rings. The highest BCUT2D eigenvalue weighted by atomic mass is 35.5. The second-order valence-electron chi connectivity index (χ2n) is 7.46. The van der Waals surface area contributed by atoms with Gasteiger partial charge in [0.05, 0.1) is 15.8 Å². The zero-order chi connectivity index (χ0) is 21.0. The molecular formula is C20H22ClN5O2S. The summed E-state index contributed by atoms with van der Waals surface area (Å²) < 4.78 is 7.22. The van der Waals surface area contributed by atoms with Crippen LogP contribution in [0.3, 0.4) is 0 Å². The number of hydrogen-bond donors (Lipinski definition) is 0. The molecule has 29 heavy (non-hydrogen) atoms. The lowest BCUT2D eigenvalue weighted by Crippen LogP contribution is -2.24. The summed E-state index contributed by atoms with van der Waals surface area (Å²) in [6, 6.07) is 0. The van der Waals surface area contributed by atoms with E-state index in [1.165, 1.54) is 11.3 Å². The predicted molar refractivity (Wildman–Crippen MR) is 113 cm³/mol. The highest BCUT2D eigenvalue weighted by Crippen LogP contribution is 2.29. The fourth-order valence-electron chi connectivity index (χ4n) is 2.41. The van der Waals surface area contributed by atoms with Crippen LogP contribution in [0.15, 0.2) is 11.7 Å². The van der Waals surface area contributed by atoms with Crippen molar-refractivity contribution in [2.24, 2.45) is 5.41 Å². The maximum atomic E-state index is 12.3. The second kappa shape index (κ2) is 8.89. The lowest BCUT2D eigenvalue weighted by molar-refractivity contribution is -0.156. The number of halogens is 1. The van der Waals surface area contributed by atoms with E-state index in [2.05, 4.69) is 38.7 Å². The van der Waals surface area contributed by atoms with E-state index in [-0.39, 0.29) is 17.9 Å². The van der Waals surface area contributed by atoms with E-state index in [1.54, 1.807) is 37.0 Å². The average molecular weight is 432 g/mol. The monoisotopic (exact) mass is 431 g/mol. The maximum Gasteiger partial charge on any atom is 0.312 e. The van der Waals surface area contributed by atoms with Crippen LogP contribution in [0, 0.1) is 17.3 Å². The smallest absolute Gasteiger partial charge is 0.312 e. The predicted octanol–water partition coefficient (Wildman–Crippen LogP) is 4.69. The van der Waals surface area contributed by atoms with Crippen molar-refractivity contribution in [2.45, 2.75) is 53.7 Å². The van der Waals surface area contributed by atoms with E-state index in [9.17, 15) is 4.79 Å². The van der Waals surface area contributed by atoms with E-state index in [1.807, 2.05) is 0 Å². The molecule has 0 aliphatic rings. The minimum atomic E-state index is -0.621. The number of nitrogens with zero attached hydrogens (tertiary/aromatic N) is 5. The van der Waals surface area contributed by atoms with Gasteiger partial charge in [0.25, 0.3) is 0 Å². The molecule has 3 heterocycles. The lowest BCUT2D eigenvalue weighted by Gasteiger charge is -2.17. The third kappa shape index (κ3) is 4.92. The topological polar surface area (TPSA) is 82.8 Å². The Bertz CT molecular complexity index is 1070. The van der Waals surface area contributed by atoms with Gasteiger partial charge in [-0.1, -0.05) is 30.9 Å². The maximum absolute atomic E-state index is 12.3. The van der Waals surface area contributed by atoms with Crippen LogP contribution >= 0.6 is 22.9 Å². The molecule has 0 saturated carbocycles. The molecule has 0 aliphatic heterocycles. The molecular weight excluding hydrogens is 410 g/mol. The molecule has 152 valence electrons. The summed E-state index contributed by atoms with van der Waals surface area (Å²) in [5.41, 5.74) is 1.98. The fraction of sp³-hybridized carbons (Fsp3) is 0.450. The molecule has 3 rings (SSSR count). The minimum Gasteiger partial charge on any atom is -0.443 e. The summed E-state index contributed by atoms with van der Waals surface area (Å²) in [4.78, 5) is 30.6. The highest BCUT2D eigenvalue weighted by molar-refractivity contribution is 7.13. The molecule has 0 radical (unpaired) electrons. The van der Waals surface area contributed by atoms with Crippen molar-refractivity contribution in [1.29, 1.82) is 0 Å². The molecule has 0 bridgehead atoms. The SMILES string of the molecule is CCCCC#Cc1nc(Cl)c2nc(-c3cncs3)n(COC(=O)C(C)(C)C)c2n1. The molecule has 0 saturated heterocycles. The molecule has 0 aliphatic carbocycles. The van der Waals surface area contributed by atoms with Crippen molar-refractivity contribution >= 4 is 40.1 Å². The van der Waals surface area contributed by atoms with Crippen molar-refractivity contribution < 1.29 is 9.53 Å². The molecule has 9 heteroatoms. The largest absolute Gasteiger partial charge is 0.443 e. The number of ether oxygens (including phenoxy) is 1. The third-order valence-corrected chi connectivity index (χ3v) is 5.03. The van der Waals surface area contributed by atoms with Gasteiger partial charge in [0.2, 0.25) is 5.82 Å². The quantitative estimate of drug-likeness (QED) is 0.252. The Hall–Kier alpha value is -2.50. The Labute approximate surface area is 178 Å². The minimum absolute atomic E-state index is 0.0458. The van der Waals surface area contributed by atoms with Crippen LogP contribution in [0.5, 0.6) is 0 Å². The van der Waals surface area contributed by atoms with Crippen LogP contribution in [0.2, 0.25) is 5.15 Å². The van der Waals surface area contributed by atoms with Gasteiger partial charge in [-0.3, -0.25) is 14.3 Å². The summed E-state index contributed by atoms with van der Waals surface area (Å²) >= 11 is 7.79. The first-order valence-electron chi connectivity index (χ1n) is 9.30. The Morgan fingerprint density at radius 3 is 2.76 bits per heavy atom. The number of aromatic nitrogens is 5. The second-order valence-corrected chi connectivity index (χ2v) is 8.70. The molecule has 0 fully saturated rings. The molecule has 0 aromatic carbocycles. The molecule has 0 amide bonds. The Morgan fingerprint density at radius 1 is 1.31 bits per heavy atom. The van der Waals surface area contributed by atoms with Crippen molar-refractivity contribution in [3.05, 3.63) is 22.7 Å². The van der Waals surface area contributed by atoms with Crippen molar-refractivity contribution in [2.75, 3.05) is 0 Å². The van der Waals surface area contributed by atoms with Gasteiger partial charge in [0, 0.05) is 12.6 Å². The number of esters is 1. The first-order valence-corrected chi connectivity index (χ1v) is 10.6. The fourth-order valence-corrected chi connectivity index (χ4v) is 3.23. The van der Waals surface area contributed by atoms with Gasteiger partial charge in [-0.05, 0) is 33.1 Å². The van der Waals surface area contributed by atoms with E-state index < -0.39 is 5.41 Å². The molecule has 0 N–H and O–H groups in total. The highest BCUT2D eigenvalue weighted by Gasteiger charge is 2.25. The number of imidazole rings is 1. The number of thiazole rings is 1. The van der Waals surface area contributed by atoms with Crippen molar-refractivity contribution in [1.82, 2.24) is 24.5 Å². The van der Waals surface area contributed by atoms with Gasteiger partial charge in [0.15, 0.2) is 23.4 Å². The molecule has 0 unspecified atom stereocenters. The van der Waals surface area contributed by atoms with Crippen LogP contribution in [0.4, 0.5) is 0 Å². The summed E-state index contributed by atoms with van der Waals surface area (Å²) in [6.07, 6.45) is 4.55. The zero-order valence-corrected chi connectivity index (χ0v) is 18.4. The van der Waals surface area contributed by atoms with Gasteiger partial charge >= 0.3 is 5.97 Å². The van der Waals surface area contributed by atoms with E-state index in [0.29, 0.717) is 22.8 Å². The van der Waals surface area contributed by atoms with E-state index >= 15 is 0 Å². The Morgan fingerprint density at radius 2 is 2.10 bits per heavy atom. The lowest BCUT2D eigenvalue weighted by atomic mass is 9.98. The first-order chi connectivity index (χ1) is 13.8. The Kier molecular flexibility index (Phi) is 6.50. The third-order valence-electron chi connectivity index (χ3n) is 4.00. The number of fused-ring (bicyclic) bond motifs is 1.